The van der Waals surface area contributed by atoms with Gasteiger partial charge in [-0.25, -0.2) is 5.43 Å². The van der Waals surface area contributed by atoms with Crippen LogP contribution in [0.1, 0.15) is 11.1 Å². The maximum atomic E-state index is 11.7. The number of nitrogens with one attached hydrogen (secondary N) is 1. The molecule has 9 heteroatoms. The molecule has 0 saturated heterocycles. The van der Waals surface area contributed by atoms with E-state index in [1.54, 1.807) is 12.1 Å². The van der Waals surface area contributed by atoms with Gasteiger partial charge in [-0.3, -0.25) is 14.9 Å². The zero-order valence-corrected chi connectivity index (χ0v) is 14.1. The van der Waals surface area contributed by atoms with E-state index >= 15 is 0 Å². The van der Waals surface area contributed by atoms with Gasteiger partial charge in [-0.1, -0.05) is 17.7 Å². The van der Waals surface area contributed by atoms with Crippen LogP contribution in [-0.2, 0) is 4.79 Å². The van der Waals surface area contributed by atoms with Crippen LogP contribution in [0.2, 0.25) is 0 Å². The molecule has 2 rings (SSSR count). The molecule has 9 nitrogen and oxygen atoms in total. The number of benzene rings is 2. The second-order valence-electron chi connectivity index (χ2n) is 5.24. The number of nitro groups is 1. The van der Waals surface area contributed by atoms with Crippen LogP contribution in [0.15, 0.2) is 41.5 Å². The SMILES string of the molecule is COc1cc(/C=N/NC(=O)COc2ccc(C)cc2)cc([N+](=O)[O-])c1O. The zero-order valence-electron chi connectivity index (χ0n) is 14.1. The Kier molecular flexibility index (Phi) is 6.10. The van der Waals surface area contributed by atoms with Crippen molar-refractivity contribution in [3.05, 3.63) is 57.6 Å². The van der Waals surface area contributed by atoms with Crippen molar-refractivity contribution in [2.75, 3.05) is 13.7 Å². The minimum Gasteiger partial charge on any atom is -0.500 e. The zero-order chi connectivity index (χ0) is 19.1. The number of amides is 1. The third-order valence-electron chi connectivity index (χ3n) is 3.29. The molecule has 0 saturated carbocycles. The molecule has 0 aromatic heterocycles. The summed E-state index contributed by atoms with van der Waals surface area (Å²) in [6.45, 7) is 1.70. The van der Waals surface area contributed by atoms with Crippen molar-refractivity contribution in [2.45, 2.75) is 6.92 Å². The van der Waals surface area contributed by atoms with Crippen molar-refractivity contribution in [2.24, 2.45) is 5.10 Å². The minimum absolute atomic E-state index is 0.0744. The number of nitro benzene ring substituents is 1. The standard InChI is InChI=1S/C17H17N3O6/c1-11-3-5-13(6-4-11)26-10-16(21)19-18-9-12-7-14(20(23)24)17(22)15(8-12)25-2/h3-9,22H,10H2,1-2H3,(H,19,21)/b18-9+. The summed E-state index contributed by atoms with van der Waals surface area (Å²) >= 11 is 0. The molecule has 0 aliphatic heterocycles. The number of rotatable bonds is 7. The van der Waals surface area contributed by atoms with Gasteiger partial charge < -0.3 is 14.6 Å². The molecular formula is C17H17N3O6. The van der Waals surface area contributed by atoms with E-state index in [0.717, 1.165) is 11.6 Å². The normalized spacial score (nSPS) is 10.5. The van der Waals surface area contributed by atoms with Gasteiger partial charge >= 0.3 is 5.69 Å². The lowest BCUT2D eigenvalue weighted by atomic mass is 10.2. The Bertz CT molecular complexity index is 833. The minimum atomic E-state index is -0.747. The largest absolute Gasteiger partial charge is 0.500 e. The van der Waals surface area contributed by atoms with E-state index in [4.69, 9.17) is 9.47 Å². The smallest absolute Gasteiger partial charge is 0.315 e. The summed E-state index contributed by atoms with van der Waals surface area (Å²) in [6.07, 6.45) is 1.19. The van der Waals surface area contributed by atoms with E-state index in [1.807, 2.05) is 19.1 Å². The number of aromatic hydroxyl groups is 1. The topological polar surface area (TPSA) is 123 Å². The lowest BCUT2D eigenvalue weighted by Gasteiger charge is -2.06. The van der Waals surface area contributed by atoms with Crippen LogP contribution in [0.5, 0.6) is 17.2 Å². The van der Waals surface area contributed by atoms with Crippen LogP contribution in [0.4, 0.5) is 5.69 Å². The summed E-state index contributed by atoms with van der Waals surface area (Å²) in [5.74, 6) is -0.601. The second-order valence-corrected chi connectivity index (χ2v) is 5.24. The molecule has 0 aliphatic rings. The van der Waals surface area contributed by atoms with Crippen LogP contribution < -0.4 is 14.9 Å². The van der Waals surface area contributed by atoms with E-state index in [0.29, 0.717) is 5.75 Å². The monoisotopic (exact) mass is 359 g/mol. The summed E-state index contributed by atoms with van der Waals surface area (Å²) in [7, 11) is 1.27. The Hall–Kier alpha value is -3.62. The van der Waals surface area contributed by atoms with Crippen molar-refractivity contribution in [3.63, 3.8) is 0 Å². The molecule has 26 heavy (non-hydrogen) atoms. The molecule has 2 N–H and O–H groups in total. The fourth-order valence-corrected chi connectivity index (χ4v) is 1.98. The quantitative estimate of drug-likeness (QED) is 0.443. The fourth-order valence-electron chi connectivity index (χ4n) is 1.98. The first kappa shape index (κ1) is 18.7. The number of hydrogen-bond donors (Lipinski definition) is 2. The number of phenolic OH excluding ortho intramolecular Hbond substituents is 1. The third-order valence-corrected chi connectivity index (χ3v) is 3.29. The van der Waals surface area contributed by atoms with Gasteiger partial charge in [0, 0.05) is 11.6 Å². The molecule has 136 valence electrons. The molecule has 0 fully saturated rings. The van der Waals surface area contributed by atoms with E-state index in [1.165, 1.54) is 19.4 Å². The number of hydrogen-bond acceptors (Lipinski definition) is 7. The summed E-state index contributed by atoms with van der Waals surface area (Å²) < 4.78 is 10.2. The summed E-state index contributed by atoms with van der Waals surface area (Å²) in [6, 6.07) is 9.66. The highest BCUT2D eigenvalue weighted by atomic mass is 16.6. The first-order valence-electron chi connectivity index (χ1n) is 7.47. The molecule has 2 aromatic carbocycles. The number of hydrazone groups is 1. The van der Waals surface area contributed by atoms with Crippen molar-refractivity contribution in [3.8, 4) is 17.2 Å². The Balaban J connectivity index is 1.96. The highest BCUT2D eigenvalue weighted by Gasteiger charge is 2.19. The number of carbonyl (C=O) groups excluding carboxylic acids is 1. The number of aryl methyl sites for hydroxylation is 1. The molecule has 1 amide bonds. The van der Waals surface area contributed by atoms with Gasteiger partial charge in [0.15, 0.2) is 12.4 Å². The lowest BCUT2D eigenvalue weighted by molar-refractivity contribution is -0.386. The van der Waals surface area contributed by atoms with Gasteiger partial charge in [-0.05, 0) is 25.1 Å². The molecule has 0 bridgehead atoms. The van der Waals surface area contributed by atoms with Gasteiger partial charge in [0.2, 0.25) is 5.75 Å². The first-order valence-corrected chi connectivity index (χ1v) is 7.47. The molecule has 0 atom stereocenters. The number of carbonyl (C=O) groups is 1. The summed E-state index contributed by atoms with van der Waals surface area (Å²) in [4.78, 5) is 21.9. The average molecular weight is 359 g/mol. The van der Waals surface area contributed by atoms with Gasteiger partial charge in [-0.2, -0.15) is 5.10 Å². The van der Waals surface area contributed by atoms with Gasteiger partial charge in [-0.15, -0.1) is 0 Å². The molecular weight excluding hydrogens is 342 g/mol. The lowest BCUT2D eigenvalue weighted by Crippen LogP contribution is -2.24. The summed E-state index contributed by atoms with van der Waals surface area (Å²) in [5, 5.41) is 24.3. The number of ether oxygens (including phenoxy) is 2. The van der Waals surface area contributed by atoms with Crippen LogP contribution in [0, 0.1) is 17.0 Å². The fraction of sp³-hybridized carbons (Fsp3) is 0.176. The molecule has 0 radical (unpaired) electrons. The second kappa shape index (κ2) is 8.47. The molecule has 0 unspecified atom stereocenters. The third kappa shape index (κ3) is 4.94. The van der Waals surface area contributed by atoms with Gasteiger partial charge in [0.05, 0.1) is 18.2 Å². The molecule has 0 heterocycles. The molecule has 2 aromatic rings. The van der Waals surface area contributed by atoms with Crippen LogP contribution in [-0.4, -0.2) is 35.9 Å². The molecule has 0 aliphatic carbocycles. The van der Waals surface area contributed by atoms with Crippen molar-refractivity contribution >= 4 is 17.8 Å². The Labute approximate surface area is 149 Å². The van der Waals surface area contributed by atoms with Gasteiger partial charge in [0.25, 0.3) is 5.91 Å². The highest BCUT2D eigenvalue weighted by molar-refractivity contribution is 5.85. The maximum Gasteiger partial charge on any atom is 0.315 e. The molecule has 0 spiro atoms. The first-order chi connectivity index (χ1) is 12.4. The van der Waals surface area contributed by atoms with Crippen LogP contribution in [0.3, 0.4) is 0 Å². The van der Waals surface area contributed by atoms with Crippen LogP contribution in [0.25, 0.3) is 0 Å². The Morgan fingerprint density at radius 2 is 2.04 bits per heavy atom. The maximum absolute atomic E-state index is 11.7. The predicted molar refractivity (Wildman–Crippen MR) is 93.7 cm³/mol. The van der Waals surface area contributed by atoms with E-state index in [9.17, 15) is 20.0 Å². The van der Waals surface area contributed by atoms with Gasteiger partial charge in [0.1, 0.15) is 5.75 Å². The van der Waals surface area contributed by atoms with Crippen molar-refractivity contribution < 1.29 is 24.3 Å². The average Bonchev–Trinajstić information content (AvgIpc) is 2.62. The van der Waals surface area contributed by atoms with E-state index < -0.39 is 22.3 Å². The number of nitrogens with zero attached hydrogens (tertiary/aromatic N) is 2. The van der Waals surface area contributed by atoms with Crippen LogP contribution >= 0.6 is 0 Å². The summed E-state index contributed by atoms with van der Waals surface area (Å²) in [5.41, 5.74) is 3.06. The highest BCUT2D eigenvalue weighted by Crippen LogP contribution is 2.36. The Morgan fingerprint density at radius 3 is 2.65 bits per heavy atom. The predicted octanol–water partition coefficient (Wildman–Crippen LogP) is 2.15. The van der Waals surface area contributed by atoms with Crippen molar-refractivity contribution in [1.29, 1.82) is 0 Å². The number of methoxy groups -OCH3 is 1. The van der Waals surface area contributed by atoms with E-state index in [2.05, 4.69) is 10.5 Å². The Morgan fingerprint density at radius 1 is 1.35 bits per heavy atom. The van der Waals surface area contributed by atoms with Crippen molar-refractivity contribution in [1.82, 2.24) is 5.43 Å². The number of phenols is 1. The van der Waals surface area contributed by atoms with E-state index in [-0.39, 0.29) is 17.9 Å².